The molecule has 1 saturated carbocycles. The fourth-order valence-electron chi connectivity index (χ4n) is 3.88. The molecule has 6 heteroatoms. The van der Waals surface area contributed by atoms with Crippen molar-refractivity contribution in [2.45, 2.75) is 51.7 Å². The van der Waals surface area contributed by atoms with Gasteiger partial charge in [0.25, 0.3) is 0 Å². The van der Waals surface area contributed by atoms with Crippen molar-refractivity contribution in [3.63, 3.8) is 0 Å². The van der Waals surface area contributed by atoms with Gasteiger partial charge >= 0.3 is 5.97 Å². The molecule has 4 atom stereocenters. The number of benzene rings is 1. The highest BCUT2D eigenvalue weighted by Crippen LogP contribution is 2.48. The summed E-state index contributed by atoms with van der Waals surface area (Å²) in [5.41, 5.74) is 7.90. The summed E-state index contributed by atoms with van der Waals surface area (Å²) in [6, 6.07) is 5.87. The van der Waals surface area contributed by atoms with Crippen LogP contribution in [-0.4, -0.2) is 34.0 Å². The Morgan fingerprint density at radius 1 is 1.36 bits per heavy atom. The summed E-state index contributed by atoms with van der Waals surface area (Å²) in [7, 11) is 0. The van der Waals surface area contributed by atoms with Gasteiger partial charge in [0.1, 0.15) is 6.10 Å². The molecule has 0 bridgehead atoms. The molecular weight excluding hydrogens is 358 g/mol. The summed E-state index contributed by atoms with van der Waals surface area (Å²) in [6.45, 7) is 4.29. The van der Waals surface area contributed by atoms with Crippen LogP contribution in [0.3, 0.4) is 0 Å². The predicted molar refractivity (Wildman–Crippen MR) is 104 cm³/mol. The monoisotopic (exact) mass is 385 g/mol. The van der Waals surface area contributed by atoms with Gasteiger partial charge in [0.2, 0.25) is 0 Å². The molecule has 0 aliphatic heterocycles. The Hall–Kier alpha value is -2.33. The average Bonchev–Trinajstić information content (AvgIpc) is 2.86. The number of allylic oxidation sites excluding steroid dienone is 1. The summed E-state index contributed by atoms with van der Waals surface area (Å²) in [5.74, 6) is 5.01. The van der Waals surface area contributed by atoms with E-state index in [0.717, 1.165) is 28.0 Å². The highest BCUT2D eigenvalue weighted by Gasteiger charge is 2.45. The summed E-state index contributed by atoms with van der Waals surface area (Å²) >= 11 is 0. The van der Waals surface area contributed by atoms with Crippen LogP contribution in [0.1, 0.15) is 48.5 Å². The molecule has 0 heterocycles. The van der Waals surface area contributed by atoms with Crippen LogP contribution in [0, 0.1) is 37.5 Å². The highest BCUT2D eigenvalue weighted by atomic mass is 16.6. The second kappa shape index (κ2) is 8.78. The molecule has 3 rings (SSSR count). The fourth-order valence-corrected chi connectivity index (χ4v) is 3.88. The van der Waals surface area contributed by atoms with Gasteiger partial charge in [0.15, 0.2) is 0 Å². The molecule has 4 unspecified atom stereocenters. The zero-order valence-electron chi connectivity index (χ0n) is 16.2. The average molecular weight is 385 g/mol. The number of aryl methyl sites for hydroxylation is 2. The van der Waals surface area contributed by atoms with Gasteiger partial charge < -0.3 is 15.3 Å². The van der Waals surface area contributed by atoms with Gasteiger partial charge in [-0.3, -0.25) is 15.1 Å². The van der Waals surface area contributed by atoms with E-state index in [2.05, 4.69) is 17.3 Å². The van der Waals surface area contributed by atoms with Crippen molar-refractivity contribution in [1.29, 1.82) is 0 Å². The van der Waals surface area contributed by atoms with Crippen LogP contribution in [0.25, 0.3) is 0 Å². The number of hydroxylamine groups is 1. The number of aliphatic hydroxyl groups excluding tert-OH is 2. The van der Waals surface area contributed by atoms with Gasteiger partial charge in [0.05, 0.1) is 18.6 Å². The van der Waals surface area contributed by atoms with Crippen molar-refractivity contribution in [1.82, 2.24) is 5.48 Å². The van der Waals surface area contributed by atoms with Gasteiger partial charge in [0, 0.05) is 18.0 Å². The lowest BCUT2D eigenvalue weighted by Crippen LogP contribution is -2.32. The molecule has 4 N–H and O–H groups in total. The number of hydrogen-bond donors (Lipinski definition) is 4. The van der Waals surface area contributed by atoms with E-state index in [-0.39, 0.29) is 18.3 Å². The molecule has 0 radical (unpaired) electrons. The van der Waals surface area contributed by atoms with E-state index >= 15 is 0 Å². The van der Waals surface area contributed by atoms with Crippen LogP contribution in [-0.2, 0) is 9.63 Å². The van der Waals surface area contributed by atoms with Crippen LogP contribution >= 0.6 is 0 Å². The fraction of sp³-hybridized carbons (Fsp3) is 0.500. The summed E-state index contributed by atoms with van der Waals surface area (Å²) in [5, 5.41) is 29.5. The molecule has 1 aromatic rings. The Bertz CT molecular complexity index is 835. The number of nitrogens with one attached hydrogen (secondary N) is 1. The molecule has 2 aliphatic rings. The van der Waals surface area contributed by atoms with E-state index in [9.17, 15) is 15.0 Å². The molecule has 150 valence electrons. The van der Waals surface area contributed by atoms with Crippen molar-refractivity contribution in [2.75, 3.05) is 6.61 Å². The standard InChI is InChI=1S/C22H27NO5/c1-13-5-7-16(14(2)10-13)20(24)8-6-15-11-17-18(22(15)27)12-19(17)23-28-9-3-4-21(25)26/h5,7,10,15,18,20,22-24,27H,3-4,9,11-12H2,1-2H3,(H,25,26). The first-order chi connectivity index (χ1) is 13.4. The van der Waals surface area contributed by atoms with Crippen molar-refractivity contribution >= 4 is 5.97 Å². The summed E-state index contributed by atoms with van der Waals surface area (Å²) in [6.07, 6.45) is 0.477. The molecule has 1 fully saturated rings. The minimum atomic E-state index is -0.866. The van der Waals surface area contributed by atoms with Gasteiger partial charge in [-0.2, -0.15) is 0 Å². The number of carboxylic acid groups (broad SMARTS) is 1. The molecule has 2 aliphatic carbocycles. The minimum Gasteiger partial charge on any atom is -0.481 e. The van der Waals surface area contributed by atoms with E-state index in [4.69, 9.17) is 9.94 Å². The second-order valence-corrected chi connectivity index (χ2v) is 7.61. The van der Waals surface area contributed by atoms with Crippen LogP contribution in [0.2, 0.25) is 0 Å². The molecule has 0 amide bonds. The SMILES string of the molecule is Cc1ccc(C(O)C#CC2CC3=C(NOCCCC(=O)O)CC3C2O)c(C)c1. The van der Waals surface area contributed by atoms with Crippen LogP contribution in [0.4, 0.5) is 0 Å². The Kier molecular flexibility index (Phi) is 6.40. The third kappa shape index (κ3) is 4.56. The topological polar surface area (TPSA) is 99.0 Å². The lowest BCUT2D eigenvalue weighted by atomic mass is 9.83. The lowest BCUT2D eigenvalue weighted by molar-refractivity contribution is -0.137. The zero-order chi connectivity index (χ0) is 20.3. The summed E-state index contributed by atoms with van der Waals surface area (Å²) in [4.78, 5) is 15.8. The minimum absolute atomic E-state index is 0.0787. The predicted octanol–water partition coefficient (Wildman–Crippen LogP) is 2.38. The van der Waals surface area contributed by atoms with Gasteiger partial charge in [-0.1, -0.05) is 35.6 Å². The maximum Gasteiger partial charge on any atom is 0.303 e. The maximum absolute atomic E-state index is 10.5. The number of aliphatic carboxylic acids is 1. The van der Waals surface area contributed by atoms with Crippen molar-refractivity contribution in [3.8, 4) is 11.8 Å². The van der Waals surface area contributed by atoms with Crippen LogP contribution < -0.4 is 5.48 Å². The third-order valence-corrected chi connectivity index (χ3v) is 5.48. The molecule has 28 heavy (non-hydrogen) atoms. The van der Waals surface area contributed by atoms with Gasteiger partial charge in [-0.25, -0.2) is 0 Å². The Morgan fingerprint density at radius 2 is 2.14 bits per heavy atom. The third-order valence-electron chi connectivity index (χ3n) is 5.48. The van der Waals surface area contributed by atoms with Crippen LogP contribution in [0.5, 0.6) is 0 Å². The maximum atomic E-state index is 10.5. The Morgan fingerprint density at radius 3 is 2.86 bits per heavy atom. The summed E-state index contributed by atoms with van der Waals surface area (Å²) < 4.78 is 0. The van der Waals surface area contributed by atoms with Gasteiger partial charge in [-0.15, -0.1) is 0 Å². The molecule has 1 aromatic carbocycles. The number of hydrogen-bond acceptors (Lipinski definition) is 5. The van der Waals surface area contributed by atoms with Crippen molar-refractivity contribution in [2.24, 2.45) is 11.8 Å². The Labute approximate surface area is 165 Å². The quantitative estimate of drug-likeness (QED) is 0.327. The number of fused-ring (bicyclic) bond motifs is 1. The molecular formula is C22H27NO5. The smallest absolute Gasteiger partial charge is 0.303 e. The first-order valence-electron chi connectivity index (χ1n) is 9.62. The molecule has 0 aromatic heterocycles. The first-order valence-corrected chi connectivity index (χ1v) is 9.62. The van der Waals surface area contributed by atoms with E-state index in [1.807, 2.05) is 32.0 Å². The lowest BCUT2D eigenvalue weighted by Gasteiger charge is -2.30. The van der Waals surface area contributed by atoms with E-state index in [1.54, 1.807) is 0 Å². The number of aliphatic hydroxyl groups is 2. The molecule has 0 spiro atoms. The number of carboxylic acids is 1. The molecule has 6 nitrogen and oxygen atoms in total. The highest BCUT2D eigenvalue weighted by molar-refractivity contribution is 5.66. The van der Waals surface area contributed by atoms with E-state index in [0.29, 0.717) is 25.9 Å². The number of rotatable bonds is 7. The van der Waals surface area contributed by atoms with Crippen molar-refractivity contribution in [3.05, 3.63) is 46.2 Å². The van der Waals surface area contributed by atoms with E-state index < -0.39 is 18.2 Å². The van der Waals surface area contributed by atoms with Gasteiger partial charge in [-0.05, 0) is 49.8 Å². The number of carbonyl (C=O) groups is 1. The largest absolute Gasteiger partial charge is 0.481 e. The second-order valence-electron chi connectivity index (χ2n) is 7.61. The van der Waals surface area contributed by atoms with Crippen LogP contribution in [0.15, 0.2) is 29.5 Å². The van der Waals surface area contributed by atoms with E-state index in [1.165, 1.54) is 0 Å². The first kappa shape index (κ1) is 20.4. The molecule has 0 saturated heterocycles. The zero-order valence-corrected chi connectivity index (χ0v) is 16.2. The Balaban J connectivity index is 1.56. The normalized spacial score (nSPS) is 24.1. The van der Waals surface area contributed by atoms with Crippen molar-refractivity contribution < 1.29 is 25.0 Å².